The highest BCUT2D eigenvalue weighted by atomic mass is 79.9. The normalized spacial score (nSPS) is 14.4. The van der Waals surface area contributed by atoms with Crippen molar-refractivity contribution in [2.24, 2.45) is 0 Å². The van der Waals surface area contributed by atoms with Gasteiger partial charge in [0.2, 0.25) is 0 Å². The van der Waals surface area contributed by atoms with E-state index in [9.17, 15) is 13.6 Å². The van der Waals surface area contributed by atoms with E-state index in [1.165, 1.54) is 18.2 Å². The van der Waals surface area contributed by atoms with Gasteiger partial charge in [0.1, 0.15) is 0 Å². The van der Waals surface area contributed by atoms with Crippen LogP contribution in [0.4, 0.5) is 13.6 Å². The third-order valence-corrected chi connectivity index (χ3v) is 2.78. The molecule has 0 aliphatic rings. The van der Waals surface area contributed by atoms with Crippen LogP contribution in [-0.4, -0.2) is 29.3 Å². The van der Waals surface area contributed by atoms with Crippen LogP contribution < -0.4 is 5.32 Å². The summed E-state index contributed by atoms with van der Waals surface area (Å²) in [5, 5.41) is 19.4. The summed E-state index contributed by atoms with van der Waals surface area (Å²) in [6, 6.07) is 5.75. The molecule has 0 aliphatic heterocycles. The van der Waals surface area contributed by atoms with Gasteiger partial charge in [-0.1, -0.05) is 28.1 Å². The van der Waals surface area contributed by atoms with Crippen molar-refractivity contribution >= 4 is 22.0 Å². The van der Waals surface area contributed by atoms with Crippen LogP contribution in [0.3, 0.4) is 0 Å². The lowest BCUT2D eigenvalue weighted by Crippen LogP contribution is -2.53. The summed E-state index contributed by atoms with van der Waals surface area (Å²) >= 11 is 3.10. The van der Waals surface area contributed by atoms with Crippen LogP contribution in [-0.2, 0) is 5.54 Å². The Balaban J connectivity index is 3.26. The molecule has 0 radical (unpaired) electrons. The number of aliphatic hydroxyl groups is 1. The zero-order chi connectivity index (χ0) is 13.1. The minimum atomic E-state index is -3.07. The molecule has 0 heterocycles. The van der Waals surface area contributed by atoms with Gasteiger partial charge in [0.25, 0.3) is 6.43 Å². The highest BCUT2D eigenvalue weighted by Gasteiger charge is 2.43. The van der Waals surface area contributed by atoms with E-state index in [4.69, 9.17) is 10.2 Å². The molecule has 1 aromatic carbocycles. The summed E-state index contributed by atoms with van der Waals surface area (Å²) in [4.78, 5) is 10.6. The Hall–Kier alpha value is -1.21. The molecule has 0 aliphatic carbocycles. The third-order valence-electron chi connectivity index (χ3n) is 2.29. The molecule has 0 saturated heterocycles. The van der Waals surface area contributed by atoms with Crippen LogP contribution in [0.2, 0.25) is 0 Å². The summed E-state index contributed by atoms with van der Waals surface area (Å²) in [5.74, 6) is 0. The van der Waals surface area contributed by atoms with Crippen molar-refractivity contribution in [3.05, 3.63) is 34.3 Å². The fourth-order valence-electron chi connectivity index (χ4n) is 1.41. The van der Waals surface area contributed by atoms with Gasteiger partial charge in [0.15, 0.2) is 5.54 Å². The lowest BCUT2D eigenvalue weighted by atomic mass is 9.91. The van der Waals surface area contributed by atoms with E-state index in [1.807, 2.05) is 0 Å². The Morgan fingerprint density at radius 3 is 2.59 bits per heavy atom. The highest BCUT2D eigenvalue weighted by molar-refractivity contribution is 9.10. The third kappa shape index (κ3) is 2.92. The van der Waals surface area contributed by atoms with E-state index in [0.717, 1.165) is 0 Å². The first-order chi connectivity index (χ1) is 7.92. The van der Waals surface area contributed by atoms with Gasteiger partial charge in [-0.15, -0.1) is 0 Å². The molecular formula is C10H10BrF2NO3. The van der Waals surface area contributed by atoms with E-state index in [1.54, 1.807) is 11.4 Å². The largest absolute Gasteiger partial charge is 0.465 e. The minimum Gasteiger partial charge on any atom is -0.465 e. The zero-order valence-electron chi connectivity index (χ0n) is 8.53. The predicted octanol–water partition coefficient (Wildman–Crippen LogP) is 2.17. The second-order valence-corrected chi connectivity index (χ2v) is 4.29. The maximum atomic E-state index is 13.0. The highest BCUT2D eigenvalue weighted by Crippen LogP contribution is 2.30. The van der Waals surface area contributed by atoms with Crippen molar-refractivity contribution in [1.29, 1.82) is 0 Å². The van der Waals surface area contributed by atoms with Crippen LogP contribution in [0.1, 0.15) is 5.56 Å². The number of hydrogen-bond acceptors (Lipinski definition) is 2. The van der Waals surface area contributed by atoms with Gasteiger partial charge in [-0.3, -0.25) is 0 Å². The molecule has 0 saturated carbocycles. The molecule has 3 N–H and O–H groups in total. The van der Waals surface area contributed by atoms with Gasteiger partial charge < -0.3 is 15.5 Å². The van der Waals surface area contributed by atoms with Crippen molar-refractivity contribution in [3.63, 3.8) is 0 Å². The Labute approximate surface area is 104 Å². The molecule has 0 spiro atoms. The molecule has 0 bridgehead atoms. The molecule has 7 heteroatoms. The van der Waals surface area contributed by atoms with Gasteiger partial charge in [-0.05, 0) is 17.7 Å². The molecule has 0 fully saturated rings. The van der Waals surface area contributed by atoms with E-state index >= 15 is 0 Å². The zero-order valence-corrected chi connectivity index (χ0v) is 10.1. The summed E-state index contributed by atoms with van der Waals surface area (Å²) < 4.78 is 26.6. The summed E-state index contributed by atoms with van der Waals surface area (Å²) in [6.45, 7) is -1.03. The van der Waals surface area contributed by atoms with E-state index in [-0.39, 0.29) is 5.56 Å². The summed E-state index contributed by atoms with van der Waals surface area (Å²) in [5.41, 5.74) is -2.32. The molecule has 1 atom stereocenters. The number of hydrogen-bond donors (Lipinski definition) is 3. The number of aliphatic hydroxyl groups excluding tert-OH is 1. The van der Waals surface area contributed by atoms with Crippen LogP contribution in [0.25, 0.3) is 0 Å². The molecule has 1 rings (SSSR count). The Kier molecular flexibility index (Phi) is 4.41. The van der Waals surface area contributed by atoms with Crippen LogP contribution in [0.5, 0.6) is 0 Å². The second-order valence-electron chi connectivity index (χ2n) is 3.37. The molecular weight excluding hydrogens is 300 g/mol. The lowest BCUT2D eigenvalue weighted by molar-refractivity contribution is -0.00628. The number of carbonyl (C=O) groups is 1. The molecule has 1 aromatic rings. The first-order valence-corrected chi connectivity index (χ1v) is 5.38. The SMILES string of the molecule is O=C(O)NC(CO)(c1cccc(Br)c1)C(F)F. The number of benzene rings is 1. The maximum Gasteiger partial charge on any atom is 0.405 e. The number of rotatable bonds is 4. The van der Waals surface area contributed by atoms with Gasteiger partial charge in [-0.2, -0.15) is 0 Å². The van der Waals surface area contributed by atoms with Crippen LogP contribution >= 0.6 is 15.9 Å². The Morgan fingerprint density at radius 2 is 2.18 bits per heavy atom. The number of carboxylic acid groups (broad SMARTS) is 1. The molecule has 1 amide bonds. The second kappa shape index (κ2) is 5.42. The Morgan fingerprint density at radius 1 is 1.53 bits per heavy atom. The van der Waals surface area contributed by atoms with Gasteiger partial charge in [0, 0.05) is 4.47 Å². The molecule has 1 unspecified atom stereocenters. The van der Waals surface area contributed by atoms with Crippen LogP contribution in [0, 0.1) is 0 Å². The van der Waals surface area contributed by atoms with Crippen molar-refractivity contribution < 1.29 is 23.8 Å². The molecule has 94 valence electrons. The van der Waals surface area contributed by atoms with Crippen LogP contribution in [0.15, 0.2) is 28.7 Å². The van der Waals surface area contributed by atoms with Crippen molar-refractivity contribution in [2.45, 2.75) is 12.0 Å². The number of nitrogens with one attached hydrogen (secondary N) is 1. The lowest BCUT2D eigenvalue weighted by Gasteiger charge is -2.31. The van der Waals surface area contributed by atoms with Crippen molar-refractivity contribution in [2.75, 3.05) is 6.61 Å². The van der Waals surface area contributed by atoms with E-state index in [0.29, 0.717) is 4.47 Å². The van der Waals surface area contributed by atoms with E-state index < -0.39 is 24.7 Å². The van der Waals surface area contributed by atoms with Gasteiger partial charge in [-0.25, -0.2) is 13.6 Å². The molecule has 17 heavy (non-hydrogen) atoms. The number of amides is 1. The fraction of sp³-hybridized carbons (Fsp3) is 0.300. The van der Waals surface area contributed by atoms with Gasteiger partial charge in [0.05, 0.1) is 6.61 Å². The van der Waals surface area contributed by atoms with Crippen molar-refractivity contribution in [3.8, 4) is 0 Å². The maximum absolute atomic E-state index is 13.0. The monoisotopic (exact) mass is 309 g/mol. The first-order valence-electron chi connectivity index (χ1n) is 4.58. The predicted molar refractivity (Wildman–Crippen MR) is 60.1 cm³/mol. The smallest absolute Gasteiger partial charge is 0.405 e. The number of alkyl halides is 2. The topological polar surface area (TPSA) is 69.6 Å². The first kappa shape index (κ1) is 13.9. The minimum absolute atomic E-state index is 0.00762. The quantitative estimate of drug-likeness (QED) is 0.798. The molecule has 0 aromatic heterocycles. The summed E-state index contributed by atoms with van der Waals surface area (Å²) in [6.07, 6.45) is -4.70. The fourth-order valence-corrected chi connectivity index (χ4v) is 1.81. The van der Waals surface area contributed by atoms with Crippen molar-refractivity contribution in [1.82, 2.24) is 5.32 Å². The average Bonchev–Trinajstić information content (AvgIpc) is 2.25. The number of halogens is 3. The summed E-state index contributed by atoms with van der Waals surface area (Å²) in [7, 11) is 0. The van der Waals surface area contributed by atoms with Gasteiger partial charge >= 0.3 is 6.09 Å². The molecule has 4 nitrogen and oxygen atoms in total. The van der Waals surface area contributed by atoms with E-state index in [2.05, 4.69) is 15.9 Å². The average molecular weight is 310 g/mol. The standard InChI is InChI=1S/C10H10BrF2NO3/c11-7-3-1-2-6(4-7)10(5-15,8(12)13)14-9(16)17/h1-4,8,14-15H,5H2,(H,16,17). The Bertz CT molecular complexity index is 416.